The maximum atomic E-state index is 12.1. The molecule has 0 saturated carbocycles. The van der Waals surface area contributed by atoms with Crippen LogP contribution < -0.4 is 14.8 Å². The molecule has 0 radical (unpaired) electrons. The number of ether oxygens (including phenoxy) is 2. The fourth-order valence-corrected chi connectivity index (χ4v) is 2.56. The molecule has 0 fully saturated rings. The second-order valence-corrected chi connectivity index (χ2v) is 5.69. The van der Waals surface area contributed by atoms with Gasteiger partial charge in [-0.2, -0.15) is 4.98 Å². The first-order valence-corrected chi connectivity index (χ1v) is 8.17. The third-order valence-electron chi connectivity index (χ3n) is 3.82. The van der Waals surface area contributed by atoms with Crippen LogP contribution in [0, 0.1) is 0 Å². The van der Waals surface area contributed by atoms with Crippen molar-refractivity contribution in [2.24, 2.45) is 0 Å². The predicted molar refractivity (Wildman–Crippen MR) is 90.5 cm³/mol. The number of rotatable bonds is 6. The second kappa shape index (κ2) is 7.22. The lowest BCUT2D eigenvalue weighted by Crippen LogP contribution is -2.27. The molecule has 3 heterocycles. The highest BCUT2D eigenvalue weighted by atomic mass is 16.7. The van der Waals surface area contributed by atoms with Crippen LogP contribution in [0.5, 0.6) is 11.5 Å². The Hall–Kier alpha value is -3.42. The second-order valence-electron chi connectivity index (χ2n) is 5.69. The Morgan fingerprint density at radius 3 is 2.96 bits per heavy atom. The van der Waals surface area contributed by atoms with Crippen LogP contribution in [0.4, 0.5) is 0 Å². The lowest BCUT2D eigenvalue weighted by atomic mass is 10.1. The summed E-state index contributed by atoms with van der Waals surface area (Å²) in [5.74, 6) is 2.17. The van der Waals surface area contributed by atoms with E-state index in [-0.39, 0.29) is 19.1 Å². The van der Waals surface area contributed by atoms with Crippen molar-refractivity contribution >= 4 is 5.91 Å². The summed E-state index contributed by atoms with van der Waals surface area (Å²) >= 11 is 0. The van der Waals surface area contributed by atoms with E-state index in [2.05, 4.69) is 20.4 Å². The number of hydrogen-bond donors (Lipinski definition) is 1. The van der Waals surface area contributed by atoms with Crippen molar-refractivity contribution in [3.63, 3.8) is 0 Å². The zero-order chi connectivity index (χ0) is 17.8. The molecule has 4 rings (SSSR count). The van der Waals surface area contributed by atoms with E-state index in [9.17, 15) is 4.79 Å². The summed E-state index contributed by atoms with van der Waals surface area (Å²) < 4.78 is 15.8. The van der Waals surface area contributed by atoms with E-state index in [0.717, 1.165) is 5.56 Å². The van der Waals surface area contributed by atoms with Gasteiger partial charge in [-0.25, -0.2) is 0 Å². The lowest BCUT2D eigenvalue weighted by Gasteiger charge is -2.04. The SMILES string of the molecule is O=C(Cc1ccc2c(c1)OCO2)NCCc1nc(-c2ccccn2)no1. The third kappa shape index (κ3) is 3.64. The maximum Gasteiger partial charge on any atom is 0.231 e. The minimum Gasteiger partial charge on any atom is -0.454 e. The Morgan fingerprint density at radius 1 is 1.15 bits per heavy atom. The van der Waals surface area contributed by atoms with Gasteiger partial charge in [0, 0.05) is 19.2 Å². The number of nitrogens with zero attached hydrogens (tertiary/aromatic N) is 3. The van der Waals surface area contributed by atoms with E-state index in [1.165, 1.54) is 0 Å². The number of benzene rings is 1. The average molecular weight is 352 g/mol. The molecule has 2 aromatic heterocycles. The Morgan fingerprint density at radius 2 is 2.08 bits per heavy atom. The van der Waals surface area contributed by atoms with Crippen molar-refractivity contribution in [1.29, 1.82) is 0 Å². The van der Waals surface area contributed by atoms with Crippen LogP contribution in [0.25, 0.3) is 11.5 Å². The van der Waals surface area contributed by atoms with Crippen molar-refractivity contribution in [3.8, 4) is 23.0 Å². The highest BCUT2D eigenvalue weighted by Gasteiger charge is 2.15. The van der Waals surface area contributed by atoms with Crippen LogP contribution in [-0.2, 0) is 17.6 Å². The monoisotopic (exact) mass is 352 g/mol. The molecule has 1 N–H and O–H groups in total. The predicted octanol–water partition coefficient (Wildman–Crippen LogP) is 1.76. The van der Waals surface area contributed by atoms with Crippen LogP contribution in [0.1, 0.15) is 11.5 Å². The molecule has 132 valence electrons. The van der Waals surface area contributed by atoms with E-state index in [0.29, 0.717) is 41.9 Å². The van der Waals surface area contributed by atoms with Gasteiger partial charge in [-0.1, -0.05) is 17.3 Å². The summed E-state index contributed by atoms with van der Waals surface area (Å²) in [6.45, 7) is 0.628. The van der Waals surface area contributed by atoms with Gasteiger partial charge in [-0.05, 0) is 29.8 Å². The van der Waals surface area contributed by atoms with Crippen molar-refractivity contribution in [1.82, 2.24) is 20.4 Å². The van der Waals surface area contributed by atoms with Crippen molar-refractivity contribution in [2.75, 3.05) is 13.3 Å². The number of carbonyl (C=O) groups is 1. The first kappa shape index (κ1) is 16.1. The van der Waals surface area contributed by atoms with Gasteiger partial charge >= 0.3 is 0 Å². The summed E-state index contributed by atoms with van der Waals surface area (Å²) in [4.78, 5) is 20.5. The normalized spacial score (nSPS) is 12.2. The van der Waals surface area contributed by atoms with Gasteiger partial charge in [0.15, 0.2) is 11.5 Å². The fraction of sp³-hybridized carbons (Fsp3) is 0.222. The molecule has 26 heavy (non-hydrogen) atoms. The van der Waals surface area contributed by atoms with Gasteiger partial charge < -0.3 is 19.3 Å². The topological polar surface area (TPSA) is 99.4 Å². The Balaban J connectivity index is 1.27. The largest absolute Gasteiger partial charge is 0.454 e. The van der Waals surface area contributed by atoms with Crippen LogP contribution in [0.2, 0.25) is 0 Å². The first-order valence-electron chi connectivity index (χ1n) is 8.17. The van der Waals surface area contributed by atoms with Crippen LogP contribution in [0.3, 0.4) is 0 Å². The summed E-state index contributed by atoms with van der Waals surface area (Å²) in [6.07, 6.45) is 2.38. The molecular weight excluding hydrogens is 336 g/mol. The van der Waals surface area contributed by atoms with Crippen LogP contribution in [-0.4, -0.2) is 34.4 Å². The van der Waals surface area contributed by atoms with Crippen molar-refractivity contribution in [2.45, 2.75) is 12.8 Å². The molecular formula is C18H16N4O4. The molecule has 1 aliphatic heterocycles. The zero-order valence-corrected chi connectivity index (χ0v) is 13.8. The third-order valence-corrected chi connectivity index (χ3v) is 3.82. The van der Waals surface area contributed by atoms with Crippen LogP contribution in [0.15, 0.2) is 47.1 Å². The molecule has 1 amide bonds. The van der Waals surface area contributed by atoms with E-state index >= 15 is 0 Å². The molecule has 0 saturated heterocycles. The van der Waals surface area contributed by atoms with Gasteiger partial charge in [0.2, 0.25) is 24.4 Å². The van der Waals surface area contributed by atoms with Crippen LogP contribution >= 0.6 is 0 Å². The maximum absolute atomic E-state index is 12.1. The van der Waals surface area contributed by atoms with E-state index in [1.807, 2.05) is 36.4 Å². The molecule has 0 unspecified atom stereocenters. The number of carbonyl (C=O) groups excluding carboxylic acids is 1. The standard InChI is InChI=1S/C18H16N4O4/c23-16(10-12-4-5-14-15(9-12)25-11-24-14)20-8-6-17-21-18(22-26-17)13-3-1-2-7-19-13/h1-5,7,9H,6,8,10-11H2,(H,20,23). The minimum absolute atomic E-state index is 0.0895. The molecule has 3 aromatic rings. The Labute approximate surface area is 149 Å². The first-order chi connectivity index (χ1) is 12.8. The Bertz CT molecular complexity index is 911. The molecule has 1 aromatic carbocycles. The van der Waals surface area contributed by atoms with Gasteiger partial charge in [-0.15, -0.1) is 0 Å². The van der Waals surface area contributed by atoms with Gasteiger partial charge in [0.05, 0.1) is 6.42 Å². The number of aromatic nitrogens is 3. The molecule has 8 nitrogen and oxygen atoms in total. The van der Waals surface area contributed by atoms with E-state index < -0.39 is 0 Å². The minimum atomic E-state index is -0.0895. The molecule has 0 spiro atoms. The number of nitrogens with one attached hydrogen (secondary N) is 1. The summed E-state index contributed by atoms with van der Waals surface area (Å²) in [5, 5.41) is 6.74. The number of amides is 1. The molecule has 0 bridgehead atoms. The highest BCUT2D eigenvalue weighted by Crippen LogP contribution is 2.32. The van der Waals surface area contributed by atoms with E-state index in [4.69, 9.17) is 14.0 Å². The zero-order valence-electron chi connectivity index (χ0n) is 13.8. The quantitative estimate of drug-likeness (QED) is 0.721. The summed E-state index contributed by atoms with van der Waals surface area (Å²) in [7, 11) is 0. The highest BCUT2D eigenvalue weighted by molar-refractivity contribution is 5.78. The van der Waals surface area contributed by atoms with Crippen molar-refractivity contribution < 1.29 is 18.8 Å². The smallest absolute Gasteiger partial charge is 0.231 e. The van der Waals surface area contributed by atoms with Crippen molar-refractivity contribution in [3.05, 3.63) is 54.0 Å². The van der Waals surface area contributed by atoms with E-state index in [1.54, 1.807) is 6.20 Å². The number of fused-ring (bicyclic) bond motifs is 1. The lowest BCUT2D eigenvalue weighted by molar-refractivity contribution is -0.120. The van der Waals surface area contributed by atoms with Gasteiger partial charge in [-0.3, -0.25) is 9.78 Å². The summed E-state index contributed by atoms with van der Waals surface area (Å²) in [6, 6.07) is 11.0. The molecule has 0 aliphatic carbocycles. The molecule has 1 aliphatic rings. The Kier molecular flexibility index (Phi) is 4.46. The fourth-order valence-electron chi connectivity index (χ4n) is 2.56. The van der Waals surface area contributed by atoms with Gasteiger partial charge in [0.1, 0.15) is 5.69 Å². The average Bonchev–Trinajstić information content (AvgIpc) is 3.31. The molecule has 8 heteroatoms. The van der Waals surface area contributed by atoms with Gasteiger partial charge in [0.25, 0.3) is 0 Å². The number of pyridine rings is 1. The summed E-state index contributed by atoms with van der Waals surface area (Å²) in [5.41, 5.74) is 1.51. The number of hydrogen-bond acceptors (Lipinski definition) is 7. The molecule has 0 atom stereocenters.